The van der Waals surface area contributed by atoms with Crippen molar-refractivity contribution in [2.45, 2.75) is 13.8 Å². The summed E-state index contributed by atoms with van der Waals surface area (Å²) in [5, 5.41) is 4.37. The molecule has 2 heterocycles. The number of rotatable bonds is 3. The Morgan fingerprint density at radius 2 is 1.90 bits per heavy atom. The molecular formula is C24H17ClN2O2S. The highest BCUT2D eigenvalue weighted by molar-refractivity contribution is 7.21. The van der Waals surface area contributed by atoms with Gasteiger partial charge in [-0.2, -0.15) is 0 Å². The third-order valence-corrected chi connectivity index (χ3v) is 6.77. The molecule has 0 unspecified atom stereocenters. The van der Waals surface area contributed by atoms with Crippen molar-refractivity contribution < 1.29 is 9.21 Å². The minimum absolute atomic E-state index is 0.227. The van der Waals surface area contributed by atoms with Crippen LogP contribution in [0.3, 0.4) is 0 Å². The van der Waals surface area contributed by atoms with Crippen molar-refractivity contribution in [2.24, 2.45) is 0 Å². The Kier molecular flexibility index (Phi) is 4.57. The highest BCUT2D eigenvalue weighted by atomic mass is 35.5. The topological polar surface area (TPSA) is 55.1 Å². The van der Waals surface area contributed by atoms with Crippen LogP contribution in [-0.4, -0.2) is 10.9 Å². The lowest BCUT2D eigenvalue weighted by Crippen LogP contribution is -2.12. The molecule has 0 aliphatic rings. The fourth-order valence-corrected chi connectivity index (χ4v) is 4.91. The van der Waals surface area contributed by atoms with E-state index in [2.05, 4.69) is 10.3 Å². The Balaban J connectivity index is 1.50. The first kappa shape index (κ1) is 18.9. The van der Waals surface area contributed by atoms with Gasteiger partial charge in [-0.25, -0.2) is 4.98 Å². The molecule has 0 fully saturated rings. The van der Waals surface area contributed by atoms with E-state index in [1.807, 2.05) is 74.5 Å². The standard InChI is InChI=1S/C24H17ClN2O2S/c1-13-10-11-19-18(12-13)27-24(29-19)15-7-5-8-17(14(15)2)26-23(28)22-21(25)16-6-3-4-9-20(16)30-22/h3-12H,1-2H3,(H,26,28). The number of aryl methyl sites for hydroxylation is 1. The van der Waals surface area contributed by atoms with E-state index < -0.39 is 0 Å². The first-order valence-corrected chi connectivity index (χ1v) is 10.7. The van der Waals surface area contributed by atoms with Crippen LogP contribution in [-0.2, 0) is 0 Å². The summed E-state index contributed by atoms with van der Waals surface area (Å²) in [6, 6.07) is 19.3. The lowest BCUT2D eigenvalue weighted by Gasteiger charge is -2.10. The van der Waals surface area contributed by atoms with Gasteiger partial charge in [0.15, 0.2) is 5.58 Å². The number of carbonyl (C=O) groups excluding carboxylic acids is 1. The average molecular weight is 433 g/mol. The Hall–Kier alpha value is -3.15. The van der Waals surface area contributed by atoms with E-state index >= 15 is 0 Å². The van der Waals surface area contributed by atoms with Crippen LogP contribution in [0.1, 0.15) is 20.8 Å². The van der Waals surface area contributed by atoms with E-state index in [1.54, 1.807) is 0 Å². The van der Waals surface area contributed by atoms with Crippen molar-refractivity contribution in [2.75, 3.05) is 5.32 Å². The fraction of sp³-hybridized carbons (Fsp3) is 0.0833. The number of hydrogen-bond acceptors (Lipinski definition) is 4. The zero-order valence-corrected chi connectivity index (χ0v) is 17.9. The first-order chi connectivity index (χ1) is 14.5. The maximum absolute atomic E-state index is 13.0. The Morgan fingerprint density at radius 3 is 2.73 bits per heavy atom. The summed E-state index contributed by atoms with van der Waals surface area (Å²) in [7, 11) is 0. The molecule has 0 aliphatic carbocycles. The molecule has 5 rings (SSSR count). The van der Waals surface area contributed by atoms with Gasteiger partial charge in [-0.3, -0.25) is 4.79 Å². The molecule has 5 aromatic rings. The molecule has 4 nitrogen and oxygen atoms in total. The average Bonchev–Trinajstić information content (AvgIpc) is 3.30. The smallest absolute Gasteiger partial charge is 0.267 e. The second-order valence-corrected chi connectivity index (χ2v) is 8.59. The zero-order chi connectivity index (χ0) is 20.8. The summed E-state index contributed by atoms with van der Waals surface area (Å²) in [4.78, 5) is 18.1. The van der Waals surface area contributed by atoms with Crippen LogP contribution in [0.2, 0.25) is 5.02 Å². The maximum atomic E-state index is 13.0. The van der Waals surface area contributed by atoms with Gasteiger partial charge in [0.2, 0.25) is 5.89 Å². The number of hydrogen-bond donors (Lipinski definition) is 1. The number of nitrogens with one attached hydrogen (secondary N) is 1. The molecule has 1 N–H and O–H groups in total. The molecule has 0 radical (unpaired) electrons. The van der Waals surface area contributed by atoms with Gasteiger partial charge in [-0.1, -0.05) is 41.9 Å². The molecule has 30 heavy (non-hydrogen) atoms. The van der Waals surface area contributed by atoms with E-state index in [9.17, 15) is 4.79 Å². The van der Waals surface area contributed by atoms with Crippen LogP contribution in [0.15, 0.2) is 65.1 Å². The predicted octanol–water partition coefficient (Wildman–Crippen LogP) is 7.23. The van der Waals surface area contributed by atoms with Crippen LogP contribution >= 0.6 is 22.9 Å². The minimum Gasteiger partial charge on any atom is -0.436 e. The minimum atomic E-state index is -0.227. The van der Waals surface area contributed by atoms with E-state index in [4.69, 9.17) is 16.0 Å². The van der Waals surface area contributed by atoms with Gasteiger partial charge in [-0.15, -0.1) is 11.3 Å². The number of anilines is 1. The number of carbonyl (C=O) groups is 1. The van der Waals surface area contributed by atoms with Gasteiger partial charge >= 0.3 is 0 Å². The van der Waals surface area contributed by atoms with Gasteiger partial charge < -0.3 is 9.73 Å². The molecule has 0 bridgehead atoms. The number of nitrogens with zero attached hydrogens (tertiary/aromatic N) is 1. The lowest BCUT2D eigenvalue weighted by molar-refractivity contribution is 0.103. The number of fused-ring (bicyclic) bond motifs is 2. The van der Waals surface area contributed by atoms with Gasteiger partial charge in [0.25, 0.3) is 5.91 Å². The monoisotopic (exact) mass is 432 g/mol. The summed E-state index contributed by atoms with van der Waals surface area (Å²) < 4.78 is 6.94. The number of benzene rings is 3. The third-order valence-electron chi connectivity index (χ3n) is 5.10. The third kappa shape index (κ3) is 3.16. The predicted molar refractivity (Wildman–Crippen MR) is 124 cm³/mol. The summed E-state index contributed by atoms with van der Waals surface area (Å²) >= 11 is 7.85. The van der Waals surface area contributed by atoms with Crippen molar-refractivity contribution in [3.8, 4) is 11.5 Å². The lowest BCUT2D eigenvalue weighted by atomic mass is 10.1. The van der Waals surface area contributed by atoms with Crippen molar-refractivity contribution in [1.82, 2.24) is 4.98 Å². The highest BCUT2D eigenvalue weighted by Gasteiger charge is 2.19. The molecule has 2 aromatic heterocycles. The second kappa shape index (κ2) is 7.27. The molecule has 1 amide bonds. The quantitative estimate of drug-likeness (QED) is 0.327. The van der Waals surface area contributed by atoms with Crippen molar-refractivity contribution in [3.63, 3.8) is 0 Å². The number of oxazole rings is 1. The highest BCUT2D eigenvalue weighted by Crippen LogP contribution is 2.36. The number of thiophene rings is 1. The molecule has 148 valence electrons. The number of amides is 1. The van der Waals surface area contributed by atoms with Gasteiger partial charge in [-0.05, 0) is 55.3 Å². The fourth-order valence-electron chi connectivity index (χ4n) is 3.49. The Bertz CT molecular complexity index is 1430. The Labute approximate surface area is 182 Å². The molecule has 0 atom stereocenters. The molecular weight excluding hydrogens is 416 g/mol. The molecule has 0 saturated heterocycles. The van der Waals surface area contributed by atoms with Gasteiger partial charge in [0.1, 0.15) is 10.4 Å². The molecule has 6 heteroatoms. The first-order valence-electron chi connectivity index (χ1n) is 9.47. The van der Waals surface area contributed by atoms with E-state index in [0.717, 1.165) is 37.9 Å². The number of aromatic nitrogens is 1. The molecule has 0 spiro atoms. The van der Waals surface area contributed by atoms with Crippen molar-refractivity contribution in [3.05, 3.63) is 81.7 Å². The Morgan fingerprint density at radius 1 is 1.07 bits per heavy atom. The van der Waals surface area contributed by atoms with E-state index in [-0.39, 0.29) is 5.91 Å². The van der Waals surface area contributed by atoms with Crippen LogP contribution < -0.4 is 5.32 Å². The maximum Gasteiger partial charge on any atom is 0.267 e. The summed E-state index contributed by atoms with van der Waals surface area (Å²) in [6.07, 6.45) is 0. The van der Waals surface area contributed by atoms with Crippen molar-refractivity contribution >= 4 is 55.7 Å². The van der Waals surface area contributed by atoms with E-state index in [1.165, 1.54) is 11.3 Å². The largest absolute Gasteiger partial charge is 0.436 e. The molecule has 0 saturated carbocycles. The van der Waals surface area contributed by atoms with Crippen LogP contribution in [0.25, 0.3) is 32.6 Å². The van der Waals surface area contributed by atoms with Crippen LogP contribution in [0.4, 0.5) is 5.69 Å². The SMILES string of the molecule is Cc1ccc2oc(-c3cccc(NC(=O)c4sc5ccccc5c4Cl)c3C)nc2c1. The molecule has 3 aromatic carbocycles. The second-order valence-electron chi connectivity index (χ2n) is 7.16. The van der Waals surface area contributed by atoms with Crippen molar-refractivity contribution in [1.29, 1.82) is 0 Å². The van der Waals surface area contributed by atoms with Gasteiger partial charge in [0, 0.05) is 21.3 Å². The summed E-state index contributed by atoms with van der Waals surface area (Å²) in [5.41, 5.74) is 5.10. The summed E-state index contributed by atoms with van der Waals surface area (Å²) in [5.74, 6) is 0.304. The van der Waals surface area contributed by atoms with Crippen LogP contribution in [0, 0.1) is 13.8 Å². The normalized spacial score (nSPS) is 11.3. The van der Waals surface area contributed by atoms with E-state index in [0.29, 0.717) is 21.5 Å². The number of halogens is 1. The zero-order valence-electron chi connectivity index (χ0n) is 16.3. The van der Waals surface area contributed by atoms with Gasteiger partial charge in [0.05, 0.1) is 5.02 Å². The molecule has 0 aliphatic heterocycles. The van der Waals surface area contributed by atoms with Crippen LogP contribution in [0.5, 0.6) is 0 Å². The summed E-state index contributed by atoms with van der Waals surface area (Å²) in [6.45, 7) is 3.96.